The highest BCUT2D eigenvalue weighted by Gasteiger charge is 2.12. The predicted octanol–water partition coefficient (Wildman–Crippen LogP) is 2.79. The van der Waals surface area contributed by atoms with Gasteiger partial charge in [0.2, 0.25) is 5.91 Å². The molecule has 1 amide bonds. The highest BCUT2D eigenvalue weighted by atomic mass is 32.2. The van der Waals surface area contributed by atoms with E-state index in [1.165, 1.54) is 11.8 Å². The topological polar surface area (TPSA) is 46.3 Å². The summed E-state index contributed by atoms with van der Waals surface area (Å²) >= 11 is 1.48. The van der Waals surface area contributed by atoms with Gasteiger partial charge in [-0.05, 0) is 26.0 Å². The number of carbonyl (C=O) groups excluding carboxylic acids is 1. The molecule has 2 N–H and O–H groups in total. The quantitative estimate of drug-likeness (QED) is 0.488. The number of rotatable bonds is 6. The van der Waals surface area contributed by atoms with Crippen LogP contribution in [0.5, 0.6) is 0 Å². The van der Waals surface area contributed by atoms with Gasteiger partial charge in [-0.2, -0.15) is 0 Å². The predicted molar refractivity (Wildman–Crippen MR) is 78.6 cm³/mol. The van der Waals surface area contributed by atoms with Crippen molar-refractivity contribution < 1.29 is 4.79 Å². The summed E-state index contributed by atoms with van der Waals surface area (Å²) in [6.45, 7) is 9.07. The Bertz CT molecular complexity index is 432. The molecule has 1 aromatic rings. The third kappa shape index (κ3) is 4.45. The molecule has 98 valence electrons. The number of nitrogen functional groups attached to an aromatic ring is 1. The van der Waals surface area contributed by atoms with Gasteiger partial charge in [0.25, 0.3) is 0 Å². The Balaban J connectivity index is 2.54. The van der Waals surface area contributed by atoms with Crippen molar-refractivity contribution in [2.75, 3.05) is 24.6 Å². The zero-order valence-electron chi connectivity index (χ0n) is 11.0. The molecule has 0 atom stereocenters. The summed E-state index contributed by atoms with van der Waals surface area (Å²) in [5, 5.41) is 0. The van der Waals surface area contributed by atoms with E-state index in [4.69, 9.17) is 5.73 Å². The van der Waals surface area contributed by atoms with E-state index in [1.54, 1.807) is 4.90 Å². The van der Waals surface area contributed by atoms with Gasteiger partial charge in [0.15, 0.2) is 0 Å². The van der Waals surface area contributed by atoms with Gasteiger partial charge in [0.05, 0.1) is 5.75 Å². The van der Waals surface area contributed by atoms with Gasteiger partial charge < -0.3 is 10.6 Å². The van der Waals surface area contributed by atoms with E-state index < -0.39 is 0 Å². The Morgan fingerprint density at radius 1 is 1.44 bits per heavy atom. The normalized spacial score (nSPS) is 10.1. The zero-order valence-corrected chi connectivity index (χ0v) is 11.8. The van der Waals surface area contributed by atoms with Crippen LogP contribution >= 0.6 is 11.8 Å². The molecule has 0 bridgehead atoms. The van der Waals surface area contributed by atoms with Crippen LogP contribution in [0.2, 0.25) is 0 Å². The molecule has 0 aliphatic rings. The van der Waals surface area contributed by atoms with Crippen molar-refractivity contribution in [2.45, 2.75) is 18.7 Å². The number of hydrogen-bond acceptors (Lipinski definition) is 3. The zero-order chi connectivity index (χ0) is 13.5. The largest absolute Gasteiger partial charge is 0.398 e. The number of carbonyl (C=O) groups is 1. The lowest BCUT2D eigenvalue weighted by atomic mass is 10.3. The summed E-state index contributed by atoms with van der Waals surface area (Å²) in [5.74, 6) is 0.531. The third-order valence-electron chi connectivity index (χ3n) is 2.47. The van der Waals surface area contributed by atoms with Gasteiger partial charge in [-0.1, -0.05) is 24.3 Å². The minimum atomic E-state index is 0.119. The fraction of sp³-hybridized carbons (Fsp3) is 0.357. The molecule has 0 aliphatic heterocycles. The van der Waals surface area contributed by atoms with E-state index in [2.05, 4.69) is 6.58 Å². The highest BCUT2D eigenvalue weighted by molar-refractivity contribution is 8.00. The molecule has 4 heteroatoms. The number of nitrogens with zero attached hydrogens (tertiary/aromatic N) is 1. The summed E-state index contributed by atoms with van der Waals surface area (Å²) in [5.41, 5.74) is 7.55. The van der Waals surface area contributed by atoms with Gasteiger partial charge in [-0.25, -0.2) is 0 Å². The van der Waals surface area contributed by atoms with E-state index in [9.17, 15) is 4.79 Å². The lowest BCUT2D eigenvalue weighted by Crippen LogP contribution is -2.33. The van der Waals surface area contributed by atoms with Crippen LogP contribution in [0.3, 0.4) is 0 Å². The molecule has 0 heterocycles. The van der Waals surface area contributed by atoms with Crippen LogP contribution < -0.4 is 5.73 Å². The summed E-state index contributed by atoms with van der Waals surface area (Å²) in [7, 11) is 0. The average Bonchev–Trinajstić information content (AvgIpc) is 2.34. The van der Waals surface area contributed by atoms with Crippen LogP contribution in [-0.2, 0) is 4.79 Å². The molecule has 1 rings (SSSR count). The van der Waals surface area contributed by atoms with Crippen LogP contribution in [0.25, 0.3) is 0 Å². The summed E-state index contributed by atoms with van der Waals surface area (Å²) in [4.78, 5) is 14.8. The Morgan fingerprint density at radius 2 is 2.11 bits per heavy atom. The molecule has 0 spiro atoms. The fourth-order valence-corrected chi connectivity index (χ4v) is 2.42. The average molecular weight is 264 g/mol. The Hall–Kier alpha value is -1.42. The SMILES string of the molecule is C=C(C)CN(CC)C(=O)CSc1ccccc1N. The lowest BCUT2D eigenvalue weighted by Gasteiger charge is -2.20. The maximum atomic E-state index is 12.0. The monoisotopic (exact) mass is 264 g/mol. The molecular formula is C14H20N2OS. The summed E-state index contributed by atoms with van der Waals surface area (Å²) in [6, 6.07) is 7.59. The van der Waals surface area contributed by atoms with E-state index in [-0.39, 0.29) is 5.91 Å². The Kier molecular flexibility index (Phi) is 5.78. The second-order valence-corrected chi connectivity index (χ2v) is 5.21. The molecule has 18 heavy (non-hydrogen) atoms. The first-order valence-electron chi connectivity index (χ1n) is 5.94. The second kappa shape index (κ2) is 7.11. The van der Waals surface area contributed by atoms with Gasteiger partial charge in [-0.15, -0.1) is 11.8 Å². The van der Waals surface area contributed by atoms with Crippen molar-refractivity contribution in [3.8, 4) is 0 Å². The molecule has 0 unspecified atom stereocenters. The van der Waals surface area contributed by atoms with E-state index >= 15 is 0 Å². The summed E-state index contributed by atoms with van der Waals surface area (Å²) in [6.07, 6.45) is 0. The molecular weight excluding hydrogens is 244 g/mol. The number of benzene rings is 1. The van der Waals surface area contributed by atoms with Gasteiger partial charge in [-0.3, -0.25) is 4.79 Å². The minimum Gasteiger partial charge on any atom is -0.398 e. The third-order valence-corrected chi connectivity index (χ3v) is 3.54. The van der Waals surface area contributed by atoms with Crippen LogP contribution in [-0.4, -0.2) is 29.6 Å². The van der Waals surface area contributed by atoms with Crippen LogP contribution in [0.1, 0.15) is 13.8 Å². The number of anilines is 1. The number of hydrogen-bond donors (Lipinski definition) is 1. The van der Waals surface area contributed by atoms with E-state index in [0.717, 1.165) is 16.2 Å². The van der Waals surface area contributed by atoms with Crippen molar-refractivity contribution >= 4 is 23.4 Å². The lowest BCUT2D eigenvalue weighted by molar-refractivity contribution is -0.127. The molecule has 0 fully saturated rings. The van der Waals surface area contributed by atoms with Crippen molar-refractivity contribution in [3.05, 3.63) is 36.4 Å². The first-order chi connectivity index (χ1) is 8.54. The summed E-state index contributed by atoms with van der Waals surface area (Å²) < 4.78 is 0. The molecule has 0 saturated heterocycles. The standard InChI is InChI=1S/C14H20N2OS/c1-4-16(9-11(2)3)14(17)10-18-13-8-6-5-7-12(13)15/h5-8H,2,4,9-10,15H2,1,3H3. The molecule has 0 saturated carbocycles. The highest BCUT2D eigenvalue weighted by Crippen LogP contribution is 2.24. The molecule has 0 radical (unpaired) electrons. The second-order valence-electron chi connectivity index (χ2n) is 4.19. The minimum absolute atomic E-state index is 0.119. The molecule has 1 aromatic carbocycles. The smallest absolute Gasteiger partial charge is 0.233 e. The van der Waals surface area contributed by atoms with Crippen molar-refractivity contribution in [2.24, 2.45) is 0 Å². The van der Waals surface area contributed by atoms with Gasteiger partial charge in [0.1, 0.15) is 0 Å². The molecule has 3 nitrogen and oxygen atoms in total. The van der Waals surface area contributed by atoms with E-state index in [0.29, 0.717) is 18.8 Å². The van der Waals surface area contributed by atoms with Crippen LogP contribution in [0, 0.1) is 0 Å². The number of para-hydroxylation sites is 1. The van der Waals surface area contributed by atoms with Crippen molar-refractivity contribution in [1.82, 2.24) is 4.90 Å². The van der Waals surface area contributed by atoms with Crippen LogP contribution in [0.4, 0.5) is 5.69 Å². The Labute approximate surface area is 113 Å². The Morgan fingerprint density at radius 3 is 2.67 bits per heavy atom. The maximum Gasteiger partial charge on any atom is 0.233 e. The number of likely N-dealkylation sites (N-methyl/N-ethyl adjacent to an activating group) is 1. The van der Waals surface area contributed by atoms with E-state index in [1.807, 2.05) is 38.1 Å². The number of nitrogens with two attached hydrogens (primary N) is 1. The first kappa shape index (κ1) is 14.6. The van der Waals surface area contributed by atoms with Crippen LogP contribution in [0.15, 0.2) is 41.3 Å². The van der Waals surface area contributed by atoms with Crippen molar-refractivity contribution in [3.63, 3.8) is 0 Å². The van der Waals surface area contributed by atoms with Gasteiger partial charge >= 0.3 is 0 Å². The number of thioether (sulfide) groups is 1. The molecule has 0 aliphatic carbocycles. The fourth-order valence-electron chi connectivity index (χ4n) is 1.54. The van der Waals surface area contributed by atoms with Crippen molar-refractivity contribution in [1.29, 1.82) is 0 Å². The number of amides is 1. The maximum absolute atomic E-state index is 12.0. The van der Waals surface area contributed by atoms with Gasteiger partial charge in [0, 0.05) is 23.7 Å². The first-order valence-corrected chi connectivity index (χ1v) is 6.92. The molecule has 0 aromatic heterocycles.